The predicted octanol–water partition coefficient (Wildman–Crippen LogP) is 3.92. The molecular weight excluding hydrogens is 314 g/mol. The van der Waals surface area contributed by atoms with E-state index in [1.54, 1.807) is 30.3 Å². The van der Waals surface area contributed by atoms with Gasteiger partial charge in [-0.2, -0.15) is 0 Å². The minimum absolute atomic E-state index is 0.422. The third kappa shape index (κ3) is 5.60. The van der Waals surface area contributed by atoms with Crippen molar-refractivity contribution in [3.63, 3.8) is 0 Å². The molecule has 5 heteroatoms. The fraction of sp³-hybridized carbons (Fsp3) is 0.111. The van der Waals surface area contributed by atoms with Crippen LogP contribution in [0.2, 0.25) is 5.02 Å². The van der Waals surface area contributed by atoms with E-state index in [0.717, 1.165) is 5.56 Å². The summed E-state index contributed by atoms with van der Waals surface area (Å²) in [6.07, 6.45) is 2.00. The first-order valence-electron chi connectivity index (χ1n) is 7.05. The van der Waals surface area contributed by atoms with Crippen LogP contribution in [0, 0.1) is 0 Å². The van der Waals surface area contributed by atoms with Gasteiger partial charge in [-0.25, -0.2) is 4.79 Å². The molecule has 0 aliphatic rings. The lowest BCUT2D eigenvalue weighted by Gasteiger charge is -2.12. The number of benzene rings is 2. The average Bonchev–Trinajstić information content (AvgIpc) is 2.54. The second kappa shape index (κ2) is 8.15. The highest BCUT2D eigenvalue weighted by Gasteiger charge is 2.16. The SMILES string of the molecule is CC(OC(=O)/C=C/c1ccccc1)C(=O)Nc1cccc(Cl)c1. The zero-order valence-corrected chi connectivity index (χ0v) is 13.3. The number of ether oxygens (including phenoxy) is 1. The largest absolute Gasteiger partial charge is 0.449 e. The summed E-state index contributed by atoms with van der Waals surface area (Å²) in [6.45, 7) is 1.51. The van der Waals surface area contributed by atoms with Crippen LogP contribution in [-0.2, 0) is 14.3 Å². The van der Waals surface area contributed by atoms with Crippen LogP contribution in [0.4, 0.5) is 5.69 Å². The van der Waals surface area contributed by atoms with E-state index in [1.165, 1.54) is 13.0 Å². The Morgan fingerprint density at radius 3 is 2.57 bits per heavy atom. The lowest BCUT2D eigenvalue weighted by molar-refractivity contribution is -0.148. The van der Waals surface area contributed by atoms with E-state index in [9.17, 15) is 9.59 Å². The van der Waals surface area contributed by atoms with Gasteiger partial charge in [-0.3, -0.25) is 4.79 Å². The van der Waals surface area contributed by atoms with Crippen molar-refractivity contribution in [1.29, 1.82) is 0 Å². The second-order valence-corrected chi connectivity index (χ2v) is 5.26. The molecule has 0 bridgehead atoms. The number of hydrogen-bond acceptors (Lipinski definition) is 3. The molecule has 0 heterocycles. The molecule has 1 amide bonds. The smallest absolute Gasteiger partial charge is 0.331 e. The molecular formula is C18H16ClNO3. The Morgan fingerprint density at radius 2 is 1.87 bits per heavy atom. The van der Waals surface area contributed by atoms with E-state index in [1.807, 2.05) is 30.3 Å². The molecule has 2 rings (SSSR count). The van der Waals surface area contributed by atoms with Gasteiger partial charge in [0, 0.05) is 16.8 Å². The third-order valence-electron chi connectivity index (χ3n) is 2.97. The van der Waals surface area contributed by atoms with Gasteiger partial charge in [0.1, 0.15) is 0 Å². The zero-order chi connectivity index (χ0) is 16.7. The molecule has 1 N–H and O–H groups in total. The molecule has 0 spiro atoms. The highest BCUT2D eigenvalue weighted by molar-refractivity contribution is 6.30. The Bertz CT molecular complexity index is 713. The van der Waals surface area contributed by atoms with Gasteiger partial charge in [0.15, 0.2) is 6.10 Å². The van der Waals surface area contributed by atoms with Crippen LogP contribution in [0.5, 0.6) is 0 Å². The van der Waals surface area contributed by atoms with Crippen molar-refractivity contribution >= 4 is 35.2 Å². The number of rotatable bonds is 5. The molecule has 4 nitrogen and oxygen atoms in total. The van der Waals surface area contributed by atoms with Crippen LogP contribution in [0.25, 0.3) is 6.08 Å². The van der Waals surface area contributed by atoms with Gasteiger partial charge in [0.2, 0.25) is 0 Å². The van der Waals surface area contributed by atoms with Crippen molar-refractivity contribution in [2.75, 3.05) is 5.32 Å². The molecule has 0 saturated carbocycles. The molecule has 118 valence electrons. The standard InChI is InChI=1S/C18H16ClNO3/c1-13(18(22)20-16-9-5-8-15(19)12-16)23-17(21)11-10-14-6-3-2-4-7-14/h2-13H,1H3,(H,20,22)/b11-10+. The molecule has 2 aromatic carbocycles. The average molecular weight is 330 g/mol. The van der Waals surface area contributed by atoms with Crippen LogP contribution >= 0.6 is 11.6 Å². The maximum atomic E-state index is 12.0. The molecule has 0 aliphatic carbocycles. The monoisotopic (exact) mass is 329 g/mol. The van der Waals surface area contributed by atoms with E-state index >= 15 is 0 Å². The van der Waals surface area contributed by atoms with E-state index in [2.05, 4.69) is 5.32 Å². The predicted molar refractivity (Wildman–Crippen MR) is 91.1 cm³/mol. The van der Waals surface area contributed by atoms with Crippen LogP contribution in [0.15, 0.2) is 60.7 Å². The summed E-state index contributed by atoms with van der Waals surface area (Å²) in [6, 6.07) is 16.1. The summed E-state index contributed by atoms with van der Waals surface area (Å²) in [5, 5.41) is 3.15. The van der Waals surface area contributed by atoms with E-state index in [4.69, 9.17) is 16.3 Å². The topological polar surface area (TPSA) is 55.4 Å². The molecule has 0 fully saturated rings. The van der Waals surface area contributed by atoms with Gasteiger partial charge in [-0.1, -0.05) is 48.0 Å². The molecule has 1 unspecified atom stereocenters. The zero-order valence-electron chi connectivity index (χ0n) is 12.5. The van der Waals surface area contributed by atoms with Crippen LogP contribution in [-0.4, -0.2) is 18.0 Å². The first-order chi connectivity index (χ1) is 11.0. The van der Waals surface area contributed by atoms with Gasteiger partial charge < -0.3 is 10.1 Å². The minimum Gasteiger partial charge on any atom is -0.449 e. The summed E-state index contributed by atoms with van der Waals surface area (Å²) in [5.41, 5.74) is 1.42. The molecule has 23 heavy (non-hydrogen) atoms. The molecule has 1 atom stereocenters. The third-order valence-corrected chi connectivity index (χ3v) is 3.20. The quantitative estimate of drug-likeness (QED) is 0.668. The number of carbonyl (C=O) groups excluding carboxylic acids is 2. The Kier molecular flexibility index (Phi) is 5.94. The molecule has 0 radical (unpaired) electrons. The molecule has 0 aromatic heterocycles. The fourth-order valence-electron chi connectivity index (χ4n) is 1.81. The summed E-state index contributed by atoms with van der Waals surface area (Å²) < 4.78 is 5.07. The summed E-state index contributed by atoms with van der Waals surface area (Å²) >= 11 is 5.85. The van der Waals surface area contributed by atoms with Gasteiger partial charge in [-0.15, -0.1) is 0 Å². The minimum atomic E-state index is -0.915. The van der Waals surface area contributed by atoms with E-state index in [-0.39, 0.29) is 0 Å². The number of hydrogen-bond donors (Lipinski definition) is 1. The van der Waals surface area contributed by atoms with Gasteiger partial charge in [0.25, 0.3) is 5.91 Å². The van der Waals surface area contributed by atoms with Gasteiger partial charge >= 0.3 is 5.97 Å². The van der Waals surface area contributed by atoms with Gasteiger partial charge in [0.05, 0.1) is 0 Å². The number of amides is 1. The fourth-order valence-corrected chi connectivity index (χ4v) is 2.00. The summed E-state index contributed by atoms with van der Waals surface area (Å²) in [5.74, 6) is -1.00. The maximum absolute atomic E-state index is 12.0. The highest BCUT2D eigenvalue weighted by Crippen LogP contribution is 2.15. The lowest BCUT2D eigenvalue weighted by Crippen LogP contribution is -2.29. The number of nitrogens with one attached hydrogen (secondary N) is 1. The van der Waals surface area contributed by atoms with Crippen LogP contribution in [0.1, 0.15) is 12.5 Å². The first kappa shape index (κ1) is 16.8. The van der Waals surface area contributed by atoms with E-state index in [0.29, 0.717) is 10.7 Å². The van der Waals surface area contributed by atoms with Crippen molar-refractivity contribution in [2.24, 2.45) is 0 Å². The number of halogens is 1. The molecule has 0 aliphatic heterocycles. The van der Waals surface area contributed by atoms with Crippen molar-refractivity contribution in [1.82, 2.24) is 0 Å². The summed E-state index contributed by atoms with van der Waals surface area (Å²) in [4.78, 5) is 23.7. The first-order valence-corrected chi connectivity index (χ1v) is 7.42. The number of esters is 1. The van der Waals surface area contributed by atoms with Crippen molar-refractivity contribution < 1.29 is 14.3 Å². The van der Waals surface area contributed by atoms with Crippen molar-refractivity contribution in [3.05, 3.63) is 71.3 Å². The van der Waals surface area contributed by atoms with Crippen molar-refractivity contribution in [3.8, 4) is 0 Å². The Labute approximate surface area is 139 Å². The lowest BCUT2D eigenvalue weighted by atomic mass is 10.2. The Balaban J connectivity index is 1.88. The maximum Gasteiger partial charge on any atom is 0.331 e. The second-order valence-electron chi connectivity index (χ2n) is 4.82. The summed E-state index contributed by atoms with van der Waals surface area (Å²) in [7, 11) is 0. The van der Waals surface area contributed by atoms with Crippen LogP contribution in [0.3, 0.4) is 0 Å². The van der Waals surface area contributed by atoms with Gasteiger partial charge in [-0.05, 0) is 36.8 Å². The Hall–Kier alpha value is -2.59. The molecule has 0 saturated heterocycles. The van der Waals surface area contributed by atoms with Crippen molar-refractivity contribution in [2.45, 2.75) is 13.0 Å². The molecule has 2 aromatic rings. The number of anilines is 1. The van der Waals surface area contributed by atoms with E-state index < -0.39 is 18.0 Å². The highest BCUT2D eigenvalue weighted by atomic mass is 35.5. The Morgan fingerprint density at radius 1 is 1.13 bits per heavy atom. The number of carbonyl (C=O) groups is 2. The van der Waals surface area contributed by atoms with Crippen LogP contribution < -0.4 is 5.32 Å². The normalized spacial score (nSPS) is 11.9.